The molecule has 0 bridgehead atoms. The maximum absolute atomic E-state index is 5.22. The van der Waals surface area contributed by atoms with Crippen LogP contribution in [0, 0.1) is 5.41 Å². The van der Waals surface area contributed by atoms with Crippen LogP contribution in [0.2, 0.25) is 0 Å². The Morgan fingerprint density at radius 1 is 0.966 bits per heavy atom. The highest BCUT2D eigenvalue weighted by Gasteiger charge is 2.34. The van der Waals surface area contributed by atoms with Crippen molar-refractivity contribution in [1.29, 1.82) is 0 Å². The van der Waals surface area contributed by atoms with E-state index < -0.39 is 0 Å². The number of rotatable bonds is 6. The standard InChI is InChI=1S/C25H36N2O.ClH/c1-3-25(4-2)12-9-22(10-13-25)23-7-5-6-8-24(23)27-16-14-26(15-17-27)19-21-11-18-28-20-21;/h5-8,11,18,20,22H,3-4,9-10,12-17,19H2,1-2H3;1H. The minimum absolute atomic E-state index is 0. The van der Waals surface area contributed by atoms with Crippen molar-refractivity contribution in [3.8, 4) is 0 Å². The molecule has 0 amide bonds. The van der Waals surface area contributed by atoms with Gasteiger partial charge in [-0.05, 0) is 54.7 Å². The lowest BCUT2D eigenvalue weighted by Crippen LogP contribution is -2.46. The van der Waals surface area contributed by atoms with Crippen molar-refractivity contribution in [2.24, 2.45) is 5.41 Å². The van der Waals surface area contributed by atoms with Gasteiger partial charge in [0.05, 0.1) is 12.5 Å². The average molecular weight is 417 g/mol. The molecule has 3 nitrogen and oxygen atoms in total. The van der Waals surface area contributed by atoms with Gasteiger partial charge in [0, 0.05) is 44.0 Å². The van der Waals surface area contributed by atoms with E-state index in [1.807, 2.05) is 6.26 Å². The lowest BCUT2D eigenvalue weighted by molar-refractivity contribution is 0.159. The lowest BCUT2D eigenvalue weighted by atomic mass is 9.66. The molecule has 0 N–H and O–H groups in total. The van der Waals surface area contributed by atoms with E-state index in [1.54, 1.807) is 11.8 Å². The number of anilines is 1. The summed E-state index contributed by atoms with van der Waals surface area (Å²) < 4.78 is 5.22. The molecule has 1 aliphatic heterocycles. The summed E-state index contributed by atoms with van der Waals surface area (Å²) in [4.78, 5) is 5.17. The zero-order valence-electron chi connectivity index (χ0n) is 18.1. The molecule has 1 saturated heterocycles. The van der Waals surface area contributed by atoms with Gasteiger partial charge in [0.2, 0.25) is 0 Å². The van der Waals surface area contributed by atoms with Gasteiger partial charge in [0.15, 0.2) is 0 Å². The summed E-state index contributed by atoms with van der Waals surface area (Å²) in [5.41, 5.74) is 5.00. The number of piperazine rings is 1. The van der Waals surface area contributed by atoms with Crippen molar-refractivity contribution in [1.82, 2.24) is 4.90 Å². The molecule has 1 aliphatic carbocycles. The fraction of sp³-hybridized carbons (Fsp3) is 0.600. The second kappa shape index (κ2) is 10.0. The molecule has 29 heavy (non-hydrogen) atoms. The first-order valence-corrected chi connectivity index (χ1v) is 11.3. The van der Waals surface area contributed by atoms with Crippen LogP contribution in [0.3, 0.4) is 0 Å². The molecule has 2 fully saturated rings. The molecule has 0 atom stereocenters. The molecular weight excluding hydrogens is 380 g/mol. The summed E-state index contributed by atoms with van der Waals surface area (Å²) in [6, 6.07) is 11.3. The summed E-state index contributed by atoms with van der Waals surface area (Å²) >= 11 is 0. The monoisotopic (exact) mass is 416 g/mol. The third kappa shape index (κ3) is 5.00. The van der Waals surface area contributed by atoms with E-state index in [-0.39, 0.29) is 12.4 Å². The fourth-order valence-corrected chi connectivity index (χ4v) is 5.41. The van der Waals surface area contributed by atoms with Gasteiger partial charge in [-0.3, -0.25) is 4.90 Å². The van der Waals surface area contributed by atoms with E-state index in [4.69, 9.17) is 4.42 Å². The quantitative estimate of drug-likeness (QED) is 0.536. The van der Waals surface area contributed by atoms with Crippen LogP contribution in [0.1, 0.15) is 69.4 Å². The third-order valence-corrected chi connectivity index (χ3v) is 7.62. The molecule has 1 saturated carbocycles. The van der Waals surface area contributed by atoms with E-state index in [2.05, 4.69) is 54.0 Å². The smallest absolute Gasteiger partial charge is 0.0947 e. The number of halogens is 1. The van der Waals surface area contributed by atoms with E-state index in [1.165, 1.54) is 49.8 Å². The number of hydrogen-bond acceptors (Lipinski definition) is 3. The molecule has 1 aromatic heterocycles. The van der Waals surface area contributed by atoms with Gasteiger partial charge in [0.1, 0.15) is 0 Å². The summed E-state index contributed by atoms with van der Waals surface area (Å²) in [7, 11) is 0. The highest BCUT2D eigenvalue weighted by atomic mass is 35.5. The van der Waals surface area contributed by atoms with Crippen LogP contribution in [0.4, 0.5) is 5.69 Å². The van der Waals surface area contributed by atoms with Crippen molar-refractivity contribution >= 4 is 18.1 Å². The molecule has 4 heteroatoms. The minimum Gasteiger partial charge on any atom is -0.472 e. The predicted octanol–water partition coefficient (Wildman–Crippen LogP) is 6.49. The van der Waals surface area contributed by atoms with Crippen LogP contribution in [0.15, 0.2) is 47.3 Å². The SMILES string of the molecule is CCC1(CC)CCC(c2ccccc2N2CCN(Cc3ccoc3)CC2)CC1.Cl. The number of furan rings is 1. The van der Waals surface area contributed by atoms with Crippen molar-refractivity contribution in [2.75, 3.05) is 31.1 Å². The molecule has 0 unspecified atom stereocenters. The first kappa shape index (κ1) is 22.2. The average Bonchev–Trinajstić information content (AvgIpc) is 3.27. The van der Waals surface area contributed by atoms with Crippen LogP contribution in [-0.4, -0.2) is 31.1 Å². The largest absolute Gasteiger partial charge is 0.472 e. The Kier molecular flexibility index (Phi) is 7.70. The minimum atomic E-state index is 0. The first-order valence-electron chi connectivity index (χ1n) is 11.3. The second-order valence-electron chi connectivity index (χ2n) is 8.93. The van der Waals surface area contributed by atoms with Crippen molar-refractivity contribution in [3.05, 3.63) is 54.0 Å². The van der Waals surface area contributed by atoms with E-state index in [0.717, 1.165) is 38.6 Å². The highest BCUT2D eigenvalue weighted by Crippen LogP contribution is 2.48. The van der Waals surface area contributed by atoms with Gasteiger partial charge >= 0.3 is 0 Å². The predicted molar refractivity (Wildman–Crippen MR) is 124 cm³/mol. The maximum atomic E-state index is 5.22. The van der Waals surface area contributed by atoms with E-state index in [0.29, 0.717) is 5.41 Å². The van der Waals surface area contributed by atoms with Crippen LogP contribution >= 0.6 is 12.4 Å². The summed E-state index contributed by atoms with van der Waals surface area (Å²) in [5, 5.41) is 0. The molecule has 1 aromatic carbocycles. The number of para-hydroxylation sites is 1. The van der Waals surface area contributed by atoms with E-state index in [9.17, 15) is 0 Å². The van der Waals surface area contributed by atoms with E-state index >= 15 is 0 Å². The molecule has 0 radical (unpaired) electrons. The number of hydrogen-bond donors (Lipinski definition) is 0. The Morgan fingerprint density at radius 2 is 1.66 bits per heavy atom. The first-order chi connectivity index (χ1) is 13.7. The van der Waals surface area contributed by atoms with Crippen LogP contribution in [0.5, 0.6) is 0 Å². The zero-order chi connectivity index (χ0) is 19.4. The Hall–Kier alpha value is -1.45. The number of nitrogens with zero attached hydrogens (tertiary/aromatic N) is 2. The Labute approximate surface area is 182 Å². The molecule has 2 aromatic rings. The molecule has 0 spiro atoms. The Balaban J connectivity index is 0.00000240. The van der Waals surface area contributed by atoms with Crippen LogP contribution in [-0.2, 0) is 6.54 Å². The van der Waals surface area contributed by atoms with Gasteiger partial charge in [-0.2, -0.15) is 0 Å². The second-order valence-corrected chi connectivity index (χ2v) is 8.93. The molecule has 2 heterocycles. The van der Waals surface area contributed by atoms with Crippen LogP contribution < -0.4 is 4.90 Å². The van der Waals surface area contributed by atoms with Gasteiger partial charge in [-0.25, -0.2) is 0 Å². The lowest BCUT2D eigenvalue weighted by Gasteiger charge is -2.41. The summed E-state index contributed by atoms with van der Waals surface area (Å²) in [6.45, 7) is 10.3. The summed E-state index contributed by atoms with van der Waals surface area (Å²) in [6.07, 6.45) is 11.9. The maximum Gasteiger partial charge on any atom is 0.0947 e. The van der Waals surface area contributed by atoms with Crippen molar-refractivity contribution in [2.45, 2.75) is 64.8 Å². The Bertz CT molecular complexity index is 723. The third-order valence-electron chi connectivity index (χ3n) is 7.62. The zero-order valence-corrected chi connectivity index (χ0v) is 18.9. The van der Waals surface area contributed by atoms with Crippen molar-refractivity contribution in [3.63, 3.8) is 0 Å². The topological polar surface area (TPSA) is 19.6 Å². The summed E-state index contributed by atoms with van der Waals surface area (Å²) in [5.74, 6) is 0.742. The van der Waals surface area contributed by atoms with Gasteiger partial charge in [-0.15, -0.1) is 12.4 Å². The van der Waals surface area contributed by atoms with Gasteiger partial charge < -0.3 is 9.32 Å². The molecule has 2 aliphatic rings. The highest BCUT2D eigenvalue weighted by molar-refractivity contribution is 5.85. The Morgan fingerprint density at radius 3 is 2.28 bits per heavy atom. The van der Waals surface area contributed by atoms with Gasteiger partial charge in [-0.1, -0.05) is 44.9 Å². The van der Waals surface area contributed by atoms with Crippen molar-refractivity contribution < 1.29 is 4.42 Å². The molecule has 4 rings (SSSR count). The number of benzene rings is 1. The normalized spacial score (nSPS) is 20.4. The van der Waals surface area contributed by atoms with Crippen LogP contribution in [0.25, 0.3) is 0 Å². The molecule has 160 valence electrons. The fourth-order valence-electron chi connectivity index (χ4n) is 5.41. The van der Waals surface area contributed by atoms with Gasteiger partial charge in [0.25, 0.3) is 0 Å². The molecular formula is C25H37ClN2O.